The first-order valence-corrected chi connectivity index (χ1v) is 7.43. The molecule has 0 fully saturated rings. The van der Waals surface area contributed by atoms with E-state index in [1.807, 2.05) is 10.9 Å². The Morgan fingerprint density at radius 3 is 2.65 bits per heavy atom. The predicted molar refractivity (Wildman–Crippen MR) is 90.1 cm³/mol. The third kappa shape index (κ3) is 4.10. The molecule has 0 radical (unpaired) electrons. The van der Waals surface area contributed by atoms with Gasteiger partial charge in [-0.1, -0.05) is 12.1 Å². The summed E-state index contributed by atoms with van der Waals surface area (Å²) >= 11 is 0. The van der Waals surface area contributed by atoms with Gasteiger partial charge < -0.3 is 10.6 Å². The Balaban J connectivity index is 2.03. The van der Waals surface area contributed by atoms with Crippen molar-refractivity contribution in [2.45, 2.75) is 39.3 Å². The van der Waals surface area contributed by atoms with Crippen molar-refractivity contribution >= 4 is 17.3 Å². The van der Waals surface area contributed by atoms with E-state index in [0.717, 1.165) is 5.69 Å². The van der Waals surface area contributed by atoms with Crippen LogP contribution >= 0.6 is 0 Å². The molecule has 0 aliphatic rings. The molecule has 0 bridgehead atoms. The average Bonchev–Trinajstić information content (AvgIpc) is 2.96. The molecule has 1 aromatic heterocycles. The van der Waals surface area contributed by atoms with E-state index in [9.17, 15) is 4.79 Å². The first-order chi connectivity index (χ1) is 10.8. The number of para-hydroxylation sites is 1. The smallest absolute Gasteiger partial charge is 0.246 e. The summed E-state index contributed by atoms with van der Waals surface area (Å²) in [5.41, 5.74) is 1.61. The van der Waals surface area contributed by atoms with Crippen molar-refractivity contribution in [3.63, 3.8) is 0 Å². The standard InChI is InChI=1S/C17H21N5O/c1-12(20-14-10-19-22(11-14)17(2,3)4)16(23)21-15-8-6-5-7-13(15)9-18/h5-8,10-12,20H,1-4H3,(H,21,23)/t12-/m1/s1. The van der Waals surface area contributed by atoms with Crippen LogP contribution in [0.15, 0.2) is 36.7 Å². The van der Waals surface area contributed by atoms with Crippen LogP contribution in [0.5, 0.6) is 0 Å². The van der Waals surface area contributed by atoms with Gasteiger partial charge in [0.05, 0.1) is 28.7 Å². The number of aromatic nitrogens is 2. The van der Waals surface area contributed by atoms with E-state index >= 15 is 0 Å². The highest BCUT2D eigenvalue weighted by molar-refractivity contribution is 5.97. The van der Waals surface area contributed by atoms with Crippen molar-refractivity contribution < 1.29 is 4.79 Å². The molecular weight excluding hydrogens is 290 g/mol. The summed E-state index contributed by atoms with van der Waals surface area (Å²) in [6, 6.07) is 8.52. The van der Waals surface area contributed by atoms with Gasteiger partial charge in [-0.3, -0.25) is 9.48 Å². The second kappa shape index (κ2) is 6.53. The van der Waals surface area contributed by atoms with Crippen LogP contribution in [0.25, 0.3) is 0 Å². The Labute approximate surface area is 136 Å². The fourth-order valence-corrected chi connectivity index (χ4v) is 2.01. The molecule has 120 valence electrons. The molecule has 2 rings (SSSR count). The number of nitrogens with zero attached hydrogens (tertiary/aromatic N) is 3. The quantitative estimate of drug-likeness (QED) is 0.909. The number of benzene rings is 1. The largest absolute Gasteiger partial charge is 0.371 e. The van der Waals surface area contributed by atoms with Crippen LogP contribution in [0.1, 0.15) is 33.3 Å². The Morgan fingerprint density at radius 2 is 2.04 bits per heavy atom. The number of hydrogen-bond acceptors (Lipinski definition) is 4. The first-order valence-electron chi connectivity index (χ1n) is 7.43. The van der Waals surface area contributed by atoms with Crippen LogP contribution in [-0.2, 0) is 10.3 Å². The van der Waals surface area contributed by atoms with E-state index in [0.29, 0.717) is 11.3 Å². The van der Waals surface area contributed by atoms with Crippen LogP contribution in [-0.4, -0.2) is 21.7 Å². The molecular formula is C17H21N5O. The zero-order chi connectivity index (χ0) is 17.0. The number of anilines is 2. The van der Waals surface area contributed by atoms with Gasteiger partial charge in [0, 0.05) is 6.20 Å². The van der Waals surface area contributed by atoms with Crippen LogP contribution in [0.3, 0.4) is 0 Å². The minimum absolute atomic E-state index is 0.114. The van der Waals surface area contributed by atoms with Crippen molar-refractivity contribution in [2.24, 2.45) is 0 Å². The van der Waals surface area contributed by atoms with Gasteiger partial charge in [-0.25, -0.2) is 0 Å². The number of hydrogen-bond donors (Lipinski definition) is 2. The lowest BCUT2D eigenvalue weighted by molar-refractivity contribution is -0.116. The summed E-state index contributed by atoms with van der Waals surface area (Å²) in [4.78, 5) is 12.3. The normalized spacial score (nSPS) is 12.3. The van der Waals surface area contributed by atoms with E-state index in [1.54, 1.807) is 37.4 Å². The monoisotopic (exact) mass is 311 g/mol. The summed E-state index contributed by atoms with van der Waals surface area (Å²) in [7, 11) is 0. The number of nitrogens with one attached hydrogen (secondary N) is 2. The van der Waals surface area contributed by atoms with E-state index in [-0.39, 0.29) is 11.4 Å². The van der Waals surface area contributed by atoms with Crippen molar-refractivity contribution in [2.75, 3.05) is 10.6 Å². The van der Waals surface area contributed by atoms with Gasteiger partial charge >= 0.3 is 0 Å². The minimum atomic E-state index is -0.459. The third-order valence-corrected chi connectivity index (χ3v) is 3.35. The molecule has 0 aliphatic carbocycles. The third-order valence-electron chi connectivity index (χ3n) is 3.35. The topological polar surface area (TPSA) is 82.7 Å². The lowest BCUT2D eigenvalue weighted by Gasteiger charge is -2.19. The lowest BCUT2D eigenvalue weighted by atomic mass is 10.1. The maximum absolute atomic E-state index is 12.3. The minimum Gasteiger partial charge on any atom is -0.371 e. The molecule has 2 aromatic rings. The van der Waals surface area contributed by atoms with Crippen molar-refractivity contribution in [1.82, 2.24) is 9.78 Å². The average molecular weight is 311 g/mol. The number of carbonyl (C=O) groups excluding carboxylic acids is 1. The number of nitriles is 1. The molecule has 0 aliphatic heterocycles. The molecule has 2 N–H and O–H groups in total. The molecule has 6 heteroatoms. The molecule has 1 heterocycles. The van der Waals surface area contributed by atoms with E-state index in [1.165, 1.54) is 0 Å². The summed E-state index contributed by atoms with van der Waals surface area (Å²) in [5.74, 6) is -0.212. The maximum Gasteiger partial charge on any atom is 0.246 e. The van der Waals surface area contributed by atoms with Crippen LogP contribution < -0.4 is 10.6 Å². The van der Waals surface area contributed by atoms with Crippen molar-refractivity contribution in [3.05, 3.63) is 42.2 Å². The summed E-state index contributed by atoms with van der Waals surface area (Å²) in [6.07, 6.45) is 3.56. The molecule has 1 aromatic carbocycles. The van der Waals surface area contributed by atoms with E-state index in [2.05, 4.69) is 42.6 Å². The number of rotatable bonds is 4. The molecule has 0 saturated heterocycles. The van der Waals surface area contributed by atoms with E-state index < -0.39 is 6.04 Å². The van der Waals surface area contributed by atoms with Gasteiger partial charge in [0.25, 0.3) is 0 Å². The van der Waals surface area contributed by atoms with Gasteiger partial charge in [-0.2, -0.15) is 10.4 Å². The van der Waals surface area contributed by atoms with E-state index in [4.69, 9.17) is 5.26 Å². The summed E-state index contributed by atoms with van der Waals surface area (Å²) < 4.78 is 1.84. The highest BCUT2D eigenvalue weighted by Crippen LogP contribution is 2.17. The fourth-order valence-electron chi connectivity index (χ4n) is 2.01. The van der Waals surface area contributed by atoms with Gasteiger partial charge in [-0.15, -0.1) is 0 Å². The first kappa shape index (κ1) is 16.6. The molecule has 1 amide bonds. The Hall–Kier alpha value is -2.81. The SMILES string of the molecule is C[C@@H](Nc1cnn(C(C)(C)C)c1)C(=O)Nc1ccccc1C#N. The zero-order valence-electron chi connectivity index (χ0n) is 13.8. The number of amides is 1. The molecule has 0 spiro atoms. The molecule has 23 heavy (non-hydrogen) atoms. The predicted octanol–water partition coefficient (Wildman–Crippen LogP) is 2.95. The second-order valence-electron chi connectivity index (χ2n) is 6.36. The Bertz CT molecular complexity index is 736. The molecule has 0 unspecified atom stereocenters. The summed E-state index contributed by atoms with van der Waals surface area (Å²) in [5, 5.41) is 19.2. The zero-order valence-corrected chi connectivity index (χ0v) is 13.8. The summed E-state index contributed by atoms with van der Waals surface area (Å²) in [6.45, 7) is 7.93. The van der Waals surface area contributed by atoms with Crippen LogP contribution in [0, 0.1) is 11.3 Å². The van der Waals surface area contributed by atoms with Crippen LogP contribution in [0.4, 0.5) is 11.4 Å². The Morgan fingerprint density at radius 1 is 1.35 bits per heavy atom. The fraction of sp³-hybridized carbons (Fsp3) is 0.353. The number of carbonyl (C=O) groups is 1. The highest BCUT2D eigenvalue weighted by atomic mass is 16.2. The van der Waals surface area contributed by atoms with Gasteiger partial charge in [0.1, 0.15) is 12.1 Å². The van der Waals surface area contributed by atoms with Crippen LogP contribution in [0.2, 0.25) is 0 Å². The maximum atomic E-state index is 12.3. The molecule has 1 atom stereocenters. The van der Waals surface area contributed by atoms with Gasteiger partial charge in [0.2, 0.25) is 5.91 Å². The second-order valence-corrected chi connectivity index (χ2v) is 6.36. The van der Waals surface area contributed by atoms with Gasteiger partial charge in [0.15, 0.2) is 0 Å². The molecule has 0 saturated carbocycles. The molecule has 6 nitrogen and oxygen atoms in total. The highest BCUT2D eigenvalue weighted by Gasteiger charge is 2.17. The van der Waals surface area contributed by atoms with Crippen molar-refractivity contribution in [1.29, 1.82) is 5.26 Å². The Kier molecular flexibility index (Phi) is 4.70. The van der Waals surface area contributed by atoms with Gasteiger partial charge in [-0.05, 0) is 39.8 Å². The lowest BCUT2D eigenvalue weighted by Crippen LogP contribution is -2.32. The van der Waals surface area contributed by atoms with Crippen molar-refractivity contribution in [3.8, 4) is 6.07 Å².